The molecule has 0 aliphatic heterocycles. The molecule has 0 saturated carbocycles. The fourth-order valence-electron chi connectivity index (χ4n) is 8.39. The molecule has 0 heterocycles. The Bertz CT molecular complexity index is 1710. The van der Waals surface area contributed by atoms with Crippen LogP contribution < -0.4 is 0 Å². The van der Waals surface area contributed by atoms with E-state index in [1.54, 1.807) is 0 Å². The standard InChI is InChI=1S/C72H116O6/c1-4-7-10-13-16-19-22-24-26-28-30-32-34-35-36-37-39-40-42-44-46-48-50-53-56-59-62-65-71(74)77-68-69(67-76-70(73)64-61-58-55-52-21-18-15-12-9-6-3)78-72(75)66-63-60-57-54-51-49-47-45-43-41-38-33-31-29-27-25-23-20-17-14-11-8-5-2/h7-8,10-11,16-17,19-20,24-27,30-33,35-36,39-41,43-44,46,69H,4-6,9,12-15,18,21-23,28-29,34,37-38,42,45,47-68H2,1-3H3/b10-7-,11-8-,19-16-,20-17-,26-24-,27-25-,32-30-,33-31-,36-35-,40-39-,43-41-,46-44-. The van der Waals surface area contributed by atoms with Crippen LogP contribution in [0.15, 0.2) is 146 Å². The number of ether oxygens (including phenoxy) is 3. The third-order valence-corrected chi connectivity index (χ3v) is 13.1. The summed E-state index contributed by atoms with van der Waals surface area (Å²) in [5.74, 6) is -0.925. The molecule has 0 aliphatic rings. The third kappa shape index (κ3) is 62.1. The third-order valence-electron chi connectivity index (χ3n) is 13.1. The quantitative estimate of drug-likeness (QED) is 0.0261. The van der Waals surface area contributed by atoms with Gasteiger partial charge < -0.3 is 14.2 Å². The predicted molar refractivity (Wildman–Crippen MR) is 339 cm³/mol. The molecule has 1 unspecified atom stereocenters. The van der Waals surface area contributed by atoms with Gasteiger partial charge in [0.15, 0.2) is 6.10 Å². The summed E-state index contributed by atoms with van der Waals surface area (Å²) >= 11 is 0. The summed E-state index contributed by atoms with van der Waals surface area (Å²) in [6.45, 7) is 6.38. The van der Waals surface area contributed by atoms with Crippen molar-refractivity contribution >= 4 is 17.9 Å². The first-order valence-electron chi connectivity index (χ1n) is 31.8. The van der Waals surface area contributed by atoms with Crippen LogP contribution in [0, 0.1) is 0 Å². The van der Waals surface area contributed by atoms with Gasteiger partial charge in [0.25, 0.3) is 0 Å². The smallest absolute Gasteiger partial charge is 0.306 e. The fourth-order valence-corrected chi connectivity index (χ4v) is 8.39. The minimum Gasteiger partial charge on any atom is -0.462 e. The Morgan fingerprint density at radius 2 is 0.500 bits per heavy atom. The summed E-state index contributed by atoms with van der Waals surface area (Å²) in [6, 6.07) is 0. The second kappa shape index (κ2) is 64.8. The Morgan fingerprint density at radius 3 is 0.782 bits per heavy atom. The SMILES string of the molecule is CC/C=C\C/C=C\C/C=C\C/C=C\C/C=C\C/C=C\C/C=C\CCCCCCCC(=O)OCC(COC(=O)CCCCCCCCCCCC)OC(=O)CCCCCCCCC/C=C\C/C=C\C/C=C\C/C=C\C/C=C\CC. The zero-order valence-corrected chi connectivity index (χ0v) is 50.4. The largest absolute Gasteiger partial charge is 0.462 e. The molecule has 0 aromatic heterocycles. The first-order valence-corrected chi connectivity index (χ1v) is 31.8. The number of allylic oxidation sites excluding steroid dienone is 24. The molecular weight excluding hydrogens is 961 g/mol. The normalized spacial score (nSPS) is 13.1. The number of carbonyl (C=O) groups is 3. The van der Waals surface area contributed by atoms with Crippen molar-refractivity contribution in [1.82, 2.24) is 0 Å². The molecule has 1 atom stereocenters. The van der Waals surface area contributed by atoms with Crippen LogP contribution in [-0.4, -0.2) is 37.2 Å². The van der Waals surface area contributed by atoms with Crippen LogP contribution in [-0.2, 0) is 28.6 Å². The van der Waals surface area contributed by atoms with Gasteiger partial charge in [-0.3, -0.25) is 14.4 Å². The molecule has 0 spiro atoms. The number of carbonyl (C=O) groups excluding carboxylic acids is 3. The molecule has 0 aromatic rings. The Labute approximate surface area is 480 Å². The van der Waals surface area contributed by atoms with Crippen molar-refractivity contribution in [3.63, 3.8) is 0 Å². The lowest BCUT2D eigenvalue weighted by atomic mass is 10.1. The van der Waals surface area contributed by atoms with Crippen LogP contribution >= 0.6 is 0 Å². The average molecular weight is 1080 g/mol. The molecule has 0 fully saturated rings. The van der Waals surface area contributed by atoms with Crippen LogP contribution in [0.2, 0.25) is 0 Å². The van der Waals surface area contributed by atoms with Gasteiger partial charge in [0.2, 0.25) is 0 Å². The molecule has 6 heteroatoms. The summed E-state index contributed by atoms with van der Waals surface area (Å²) < 4.78 is 16.9. The first kappa shape index (κ1) is 73.3. The van der Waals surface area contributed by atoms with E-state index in [4.69, 9.17) is 14.2 Å². The molecule has 0 radical (unpaired) electrons. The Balaban J connectivity index is 4.36. The van der Waals surface area contributed by atoms with E-state index >= 15 is 0 Å². The lowest BCUT2D eigenvalue weighted by molar-refractivity contribution is -0.167. The predicted octanol–water partition coefficient (Wildman–Crippen LogP) is 21.9. The highest BCUT2D eigenvalue weighted by atomic mass is 16.6. The van der Waals surface area contributed by atoms with Crippen molar-refractivity contribution in [3.05, 3.63) is 146 Å². The summed E-state index contributed by atoms with van der Waals surface area (Å²) in [4.78, 5) is 38.2. The summed E-state index contributed by atoms with van der Waals surface area (Å²) in [5, 5.41) is 0. The molecular formula is C72H116O6. The highest BCUT2D eigenvalue weighted by Gasteiger charge is 2.19. The summed E-state index contributed by atoms with van der Waals surface area (Å²) in [6.07, 6.45) is 92.8. The summed E-state index contributed by atoms with van der Waals surface area (Å²) in [5.41, 5.74) is 0. The van der Waals surface area contributed by atoms with E-state index in [1.807, 2.05) is 0 Å². The highest BCUT2D eigenvalue weighted by molar-refractivity contribution is 5.71. The number of rotatable bonds is 56. The minimum atomic E-state index is -0.798. The van der Waals surface area contributed by atoms with E-state index in [1.165, 1.54) is 64.2 Å². The maximum atomic E-state index is 12.9. The molecule has 0 amide bonds. The van der Waals surface area contributed by atoms with Gasteiger partial charge in [0, 0.05) is 19.3 Å². The molecule has 0 aromatic carbocycles. The molecule has 6 nitrogen and oxygen atoms in total. The van der Waals surface area contributed by atoms with Crippen LogP contribution in [0.3, 0.4) is 0 Å². The summed E-state index contributed by atoms with van der Waals surface area (Å²) in [7, 11) is 0. The van der Waals surface area contributed by atoms with Crippen molar-refractivity contribution in [2.45, 2.75) is 277 Å². The van der Waals surface area contributed by atoms with E-state index < -0.39 is 6.10 Å². The van der Waals surface area contributed by atoms with E-state index in [-0.39, 0.29) is 31.1 Å². The molecule has 0 rings (SSSR count). The minimum absolute atomic E-state index is 0.0922. The maximum Gasteiger partial charge on any atom is 0.306 e. The number of esters is 3. The fraction of sp³-hybridized carbons (Fsp3) is 0.625. The topological polar surface area (TPSA) is 78.9 Å². The van der Waals surface area contributed by atoms with Gasteiger partial charge in [0.05, 0.1) is 0 Å². The van der Waals surface area contributed by atoms with Crippen molar-refractivity contribution in [2.75, 3.05) is 13.2 Å². The molecule has 0 bridgehead atoms. The molecule has 0 aliphatic carbocycles. The lowest BCUT2D eigenvalue weighted by Crippen LogP contribution is -2.30. The molecule has 0 saturated heterocycles. The number of hydrogen-bond donors (Lipinski definition) is 0. The van der Waals surface area contributed by atoms with Gasteiger partial charge in [-0.2, -0.15) is 0 Å². The van der Waals surface area contributed by atoms with Crippen molar-refractivity contribution in [1.29, 1.82) is 0 Å². The van der Waals surface area contributed by atoms with Gasteiger partial charge in [-0.15, -0.1) is 0 Å². The zero-order chi connectivity index (χ0) is 56.4. The monoisotopic (exact) mass is 1080 g/mol. The van der Waals surface area contributed by atoms with Crippen molar-refractivity contribution in [2.24, 2.45) is 0 Å². The highest BCUT2D eigenvalue weighted by Crippen LogP contribution is 2.15. The van der Waals surface area contributed by atoms with Gasteiger partial charge in [-0.1, -0.05) is 276 Å². The van der Waals surface area contributed by atoms with Crippen LogP contribution in [0.5, 0.6) is 0 Å². The van der Waals surface area contributed by atoms with Gasteiger partial charge in [-0.25, -0.2) is 0 Å². The van der Waals surface area contributed by atoms with Gasteiger partial charge >= 0.3 is 17.9 Å². The van der Waals surface area contributed by atoms with Gasteiger partial charge in [0.1, 0.15) is 13.2 Å². The maximum absolute atomic E-state index is 12.9. The number of hydrogen-bond acceptors (Lipinski definition) is 6. The Hall–Kier alpha value is -4.71. The molecule has 0 N–H and O–H groups in total. The van der Waals surface area contributed by atoms with Crippen molar-refractivity contribution in [3.8, 4) is 0 Å². The average Bonchev–Trinajstić information content (AvgIpc) is 3.44. The van der Waals surface area contributed by atoms with Crippen molar-refractivity contribution < 1.29 is 28.6 Å². The van der Waals surface area contributed by atoms with E-state index in [9.17, 15) is 14.4 Å². The van der Waals surface area contributed by atoms with E-state index in [2.05, 4.69) is 167 Å². The van der Waals surface area contributed by atoms with E-state index in [0.717, 1.165) is 167 Å². The lowest BCUT2D eigenvalue weighted by Gasteiger charge is -2.18. The second-order valence-electron chi connectivity index (χ2n) is 20.6. The van der Waals surface area contributed by atoms with Crippen LogP contribution in [0.4, 0.5) is 0 Å². The first-order chi connectivity index (χ1) is 38.5. The Kier molecular flexibility index (Phi) is 60.9. The van der Waals surface area contributed by atoms with Crippen LogP contribution in [0.25, 0.3) is 0 Å². The van der Waals surface area contributed by atoms with Crippen LogP contribution in [0.1, 0.15) is 271 Å². The Morgan fingerprint density at radius 1 is 0.269 bits per heavy atom. The second-order valence-corrected chi connectivity index (χ2v) is 20.6. The van der Waals surface area contributed by atoms with Gasteiger partial charge in [-0.05, 0) is 122 Å². The molecule has 78 heavy (non-hydrogen) atoms. The number of unbranched alkanes of at least 4 members (excludes halogenated alkanes) is 21. The van der Waals surface area contributed by atoms with E-state index in [0.29, 0.717) is 19.3 Å². The molecule has 440 valence electrons. The zero-order valence-electron chi connectivity index (χ0n) is 50.4.